The number of benzene rings is 2. The van der Waals surface area contributed by atoms with Gasteiger partial charge in [0.25, 0.3) is 0 Å². The van der Waals surface area contributed by atoms with Crippen LogP contribution in [-0.2, 0) is 11.2 Å². The monoisotopic (exact) mass is 273 g/mol. The van der Waals surface area contributed by atoms with E-state index in [1.54, 1.807) is 0 Å². The highest BCUT2D eigenvalue weighted by Gasteiger charge is 2.09. The molecule has 0 aliphatic heterocycles. The summed E-state index contributed by atoms with van der Waals surface area (Å²) < 4.78 is 18.3. The van der Waals surface area contributed by atoms with Crippen LogP contribution in [0.25, 0.3) is 0 Å². The quantitative estimate of drug-likeness (QED) is 0.850. The number of carbonyl (C=O) groups excluding carboxylic acids is 1. The summed E-state index contributed by atoms with van der Waals surface area (Å²) in [7, 11) is 1.30. The first-order valence-electron chi connectivity index (χ1n) is 6.36. The second kappa shape index (κ2) is 6.70. The molecule has 0 bridgehead atoms. The van der Waals surface area contributed by atoms with Gasteiger partial charge >= 0.3 is 5.97 Å². The van der Waals surface area contributed by atoms with Crippen LogP contribution < -0.4 is 5.32 Å². The molecule has 0 aromatic heterocycles. The number of nitrogens with one attached hydrogen (secondary N) is 1. The molecular formula is C16H16FNO2. The zero-order valence-electron chi connectivity index (χ0n) is 11.2. The molecule has 0 aliphatic rings. The largest absolute Gasteiger partial charge is 0.465 e. The van der Waals surface area contributed by atoms with Gasteiger partial charge in [-0.25, -0.2) is 9.18 Å². The number of hydrogen-bond donors (Lipinski definition) is 1. The predicted molar refractivity (Wildman–Crippen MR) is 76.4 cm³/mol. The van der Waals surface area contributed by atoms with E-state index in [1.807, 2.05) is 30.3 Å². The van der Waals surface area contributed by atoms with Gasteiger partial charge in [0.05, 0.1) is 18.4 Å². The van der Waals surface area contributed by atoms with E-state index >= 15 is 0 Å². The Labute approximate surface area is 117 Å². The molecule has 104 valence electrons. The summed E-state index contributed by atoms with van der Waals surface area (Å²) in [6.45, 7) is 0.589. The number of esters is 1. The lowest BCUT2D eigenvalue weighted by atomic mass is 10.1. The van der Waals surface area contributed by atoms with E-state index in [1.165, 1.54) is 30.9 Å². The molecule has 0 fully saturated rings. The first-order valence-corrected chi connectivity index (χ1v) is 6.36. The molecule has 1 N–H and O–H groups in total. The van der Waals surface area contributed by atoms with Gasteiger partial charge in [-0.1, -0.05) is 30.3 Å². The van der Waals surface area contributed by atoms with Crippen molar-refractivity contribution in [1.82, 2.24) is 0 Å². The van der Waals surface area contributed by atoms with Crippen LogP contribution in [0, 0.1) is 5.82 Å². The lowest BCUT2D eigenvalue weighted by Crippen LogP contribution is -2.08. The van der Waals surface area contributed by atoms with Crippen LogP contribution in [-0.4, -0.2) is 19.6 Å². The summed E-state index contributed by atoms with van der Waals surface area (Å²) in [6.07, 6.45) is 0.780. The first kappa shape index (κ1) is 14.1. The first-order chi connectivity index (χ1) is 9.70. The predicted octanol–water partition coefficient (Wildman–Crippen LogP) is 3.27. The molecule has 0 heterocycles. The molecule has 2 aromatic carbocycles. The minimum atomic E-state index is -0.476. The summed E-state index contributed by atoms with van der Waals surface area (Å²) in [5, 5.41) is 3.00. The zero-order chi connectivity index (χ0) is 14.4. The van der Waals surface area contributed by atoms with E-state index in [0.29, 0.717) is 17.8 Å². The van der Waals surface area contributed by atoms with Crippen LogP contribution in [0.15, 0.2) is 48.5 Å². The maximum atomic E-state index is 13.6. The Hall–Kier alpha value is -2.36. The second-order valence-electron chi connectivity index (χ2n) is 4.35. The van der Waals surface area contributed by atoms with Crippen LogP contribution in [0.3, 0.4) is 0 Å². The van der Waals surface area contributed by atoms with Crippen molar-refractivity contribution >= 4 is 11.7 Å². The molecule has 4 heteroatoms. The Morgan fingerprint density at radius 3 is 2.65 bits per heavy atom. The van der Waals surface area contributed by atoms with Crippen molar-refractivity contribution in [3.05, 3.63) is 65.5 Å². The van der Waals surface area contributed by atoms with Gasteiger partial charge in [0.15, 0.2) is 0 Å². The van der Waals surface area contributed by atoms with Crippen LogP contribution in [0.2, 0.25) is 0 Å². The Morgan fingerprint density at radius 2 is 1.95 bits per heavy atom. The third-order valence-corrected chi connectivity index (χ3v) is 2.96. The van der Waals surface area contributed by atoms with E-state index < -0.39 is 5.97 Å². The van der Waals surface area contributed by atoms with Crippen molar-refractivity contribution in [3.63, 3.8) is 0 Å². The number of carbonyl (C=O) groups is 1. The Balaban J connectivity index is 2.00. The van der Waals surface area contributed by atoms with Crippen molar-refractivity contribution in [2.24, 2.45) is 0 Å². The Bertz CT molecular complexity index is 584. The molecule has 0 aliphatic carbocycles. The van der Waals surface area contributed by atoms with Gasteiger partial charge in [-0.2, -0.15) is 0 Å². The number of hydrogen-bond acceptors (Lipinski definition) is 3. The molecule has 0 saturated carbocycles. The summed E-state index contributed by atoms with van der Waals surface area (Å²) in [6, 6.07) is 14.1. The standard InChI is InChI=1S/C16H16FNO2/c1-20-16(19)13-7-8-14(17)15(11-13)18-10-9-12-5-3-2-4-6-12/h2-8,11,18H,9-10H2,1H3. The van der Waals surface area contributed by atoms with Crippen molar-refractivity contribution in [2.75, 3.05) is 19.0 Å². The van der Waals surface area contributed by atoms with Gasteiger partial charge in [-0.15, -0.1) is 0 Å². The molecule has 0 atom stereocenters. The molecule has 0 unspecified atom stereocenters. The average Bonchev–Trinajstić information content (AvgIpc) is 2.49. The Kier molecular flexibility index (Phi) is 4.71. The number of ether oxygens (including phenoxy) is 1. The highest BCUT2D eigenvalue weighted by Crippen LogP contribution is 2.17. The van der Waals surface area contributed by atoms with Gasteiger partial charge in [-0.05, 0) is 30.2 Å². The summed E-state index contributed by atoms with van der Waals surface area (Å²) in [4.78, 5) is 11.4. The topological polar surface area (TPSA) is 38.3 Å². The van der Waals surface area contributed by atoms with Crippen LogP contribution in [0.5, 0.6) is 0 Å². The summed E-state index contributed by atoms with van der Waals surface area (Å²) >= 11 is 0. The van der Waals surface area contributed by atoms with Crippen molar-refractivity contribution in [2.45, 2.75) is 6.42 Å². The van der Waals surface area contributed by atoms with E-state index in [2.05, 4.69) is 10.1 Å². The van der Waals surface area contributed by atoms with Gasteiger partial charge < -0.3 is 10.1 Å². The van der Waals surface area contributed by atoms with Crippen molar-refractivity contribution in [1.29, 1.82) is 0 Å². The maximum absolute atomic E-state index is 13.6. The lowest BCUT2D eigenvalue weighted by Gasteiger charge is -2.09. The highest BCUT2D eigenvalue weighted by atomic mass is 19.1. The molecule has 0 amide bonds. The fourth-order valence-corrected chi connectivity index (χ4v) is 1.89. The number of methoxy groups -OCH3 is 1. The smallest absolute Gasteiger partial charge is 0.337 e. The fourth-order valence-electron chi connectivity index (χ4n) is 1.89. The van der Waals surface area contributed by atoms with Crippen LogP contribution in [0.1, 0.15) is 15.9 Å². The number of rotatable bonds is 5. The van der Waals surface area contributed by atoms with Crippen LogP contribution in [0.4, 0.5) is 10.1 Å². The minimum Gasteiger partial charge on any atom is -0.465 e. The van der Waals surface area contributed by atoms with Crippen molar-refractivity contribution < 1.29 is 13.9 Å². The van der Waals surface area contributed by atoms with Gasteiger partial charge in [0.2, 0.25) is 0 Å². The molecule has 0 saturated heterocycles. The van der Waals surface area contributed by atoms with Gasteiger partial charge in [0, 0.05) is 6.54 Å². The molecule has 20 heavy (non-hydrogen) atoms. The number of anilines is 1. The van der Waals surface area contributed by atoms with E-state index in [9.17, 15) is 9.18 Å². The molecule has 0 spiro atoms. The van der Waals surface area contributed by atoms with Crippen LogP contribution >= 0.6 is 0 Å². The third kappa shape index (κ3) is 3.57. The fraction of sp³-hybridized carbons (Fsp3) is 0.188. The third-order valence-electron chi connectivity index (χ3n) is 2.96. The van der Waals surface area contributed by atoms with E-state index in [0.717, 1.165) is 6.42 Å². The molecule has 0 radical (unpaired) electrons. The molecule has 2 rings (SSSR count). The summed E-state index contributed by atoms with van der Waals surface area (Å²) in [5.74, 6) is -0.859. The number of halogens is 1. The maximum Gasteiger partial charge on any atom is 0.337 e. The van der Waals surface area contributed by atoms with Gasteiger partial charge in [0.1, 0.15) is 5.82 Å². The zero-order valence-corrected chi connectivity index (χ0v) is 11.2. The minimum absolute atomic E-state index is 0.309. The van der Waals surface area contributed by atoms with E-state index in [-0.39, 0.29) is 5.82 Å². The van der Waals surface area contributed by atoms with Crippen molar-refractivity contribution in [3.8, 4) is 0 Å². The van der Waals surface area contributed by atoms with E-state index in [4.69, 9.17) is 0 Å². The Morgan fingerprint density at radius 1 is 1.20 bits per heavy atom. The highest BCUT2D eigenvalue weighted by molar-refractivity contribution is 5.90. The second-order valence-corrected chi connectivity index (χ2v) is 4.35. The average molecular weight is 273 g/mol. The lowest BCUT2D eigenvalue weighted by molar-refractivity contribution is 0.0600. The normalized spacial score (nSPS) is 10.1. The molecular weight excluding hydrogens is 257 g/mol. The SMILES string of the molecule is COC(=O)c1ccc(F)c(NCCc2ccccc2)c1. The molecule has 2 aromatic rings. The summed E-state index contributed by atoms with van der Waals surface area (Å²) in [5.41, 5.74) is 1.81. The molecule has 3 nitrogen and oxygen atoms in total. The van der Waals surface area contributed by atoms with Gasteiger partial charge in [-0.3, -0.25) is 0 Å².